The molecular weight excluding hydrogens is 250 g/mol. The summed E-state index contributed by atoms with van der Waals surface area (Å²) in [5.74, 6) is 0.594. The van der Waals surface area contributed by atoms with Gasteiger partial charge in [0.05, 0.1) is 0 Å². The van der Waals surface area contributed by atoms with E-state index in [9.17, 15) is 4.79 Å². The predicted octanol–water partition coefficient (Wildman–Crippen LogP) is 2.35. The van der Waals surface area contributed by atoms with E-state index in [1.54, 1.807) is 0 Å². The summed E-state index contributed by atoms with van der Waals surface area (Å²) in [6, 6.07) is 8.16. The quantitative estimate of drug-likeness (QED) is 0.866. The number of anilines is 2. The Morgan fingerprint density at radius 2 is 1.90 bits per heavy atom. The average Bonchev–Trinajstić information content (AvgIpc) is 3.15. The van der Waals surface area contributed by atoms with Crippen molar-refractivity contribution in [2.75, 3.05) is 23.3 Å². The Hall–Kier alpha value is -1.55. The van der Waals surface area contributed by atoms with E-state index in [1.807, 2.05) is 12.1 Å². The summed E-state index contributed by atoms with van der Waals surface area (Å²) >= 11 is 0. The van der Waals surface area contributed by atoms with Crippen molar-refractivity contribution in [2.45, 2.75) is 38.1 Å². The molecule has 3 N–H and O–H groups in total. The van der Waals surface area contributed by atoms with E-state index in [0.29, 0.717) is 12.3 Å². The maximum Gasteiger partial charge on any atom is 0.225 e. The van der Waals surface area contributed by atoms with Crippen molar-refractivity contribution in [3.05, 3.63) is 24.3 Å². The van der Waals surface area contributed by atoms with Gasteiger partial charge in [0.1, 0.15) is 0 Å². The van der Waals surface area contributed by atoms with Gasteiger partial charge in [-0.05, 0) is 55.9 Å². The molecule has 2 fully saturated rings. The molecule has 1 amide bonds. The topological polar surface area (TPSA) is 58.4 Å². The molecule has 1 aliphatic heterocycles. The summed E-state index contributed by atoms with van der Waals surface area (Å²) in [7, 11) is 0. The highest BCUT2D eigenvalue weighted by Gasteiger charge is 2.29. The molecule has 1 unspecified atom stereocenters. The van der Waals surface area contributed by atoms with Gasteiger partial charge >= 0.3 is 0 Å². The molecule has 20 heavy (non-hydrogen) atoms. The van der Waals surface area contributed by atoms with Gasteiger partial charge < -0.3 is 16.0 Å². The number of benzene rings is 1. The molecular formula is C16H23N3O. The number of amides is 1. The van der Waals surface area contributed by atoms with Crippen LogP contribution in [-0.2, 0) is 4.79 Å². The fourth-order valence-corrected chi connectivity index (χ4v) is 2.85. The number of nitrogens with one attached hydrogen (secondary N) is 1. The van der Waals surface area contributed by atoms with E-state index >= 15 is 0 Å². The maximum atomic E-state index is 11.9. The van der Waals surface area contributed by atoms with E-state index in [-0.39, 0.29) is 11.9 Å². The first-order valence-electron chi connectivity index (χ1n) is 7.63. The van der Waals surface area contributed by atoms with Crippen molar-refractivity contribution >= 4 is 17.3 Å². The van der Waals surface area contributed by atoms with Gasteiger partial charge in [0.2, 0.25) is 5.91 Å². The first kappa shape index (κ1) is 13.4. The van der Waals surface area contributed by atoms with Crippen molar-refractivity contribution in [3.63, 3.8) is 0 Å². The smallest absolute Gasteiger partial charge is 0.225 e. The van der Waals surface area contributed by atoms with Crippen LogP contribution in [-0.4, -0.2) is 25.0 Å². The van der Waals surface area contributed by atoms with Crippen LogP contribution in [0, 0.1) is 5.92 Å². The Morgan fingerprint density at radius 1 is 1.25 bits per heavy atom. The Kier molecular flexibility index (Phi) is 3.92. The average molecular weight is 273 g/mol. The molecule has 0 spiro atoms. The normalized spacial score (nSPS) is 19.9. The third-order valence-electron chi connectivity index (χ3n) is 4.27. The summed E-state index contributed by atoms with van der Waals surface area (Å²) < 4.78 is 0. The first-order chi connectivity index (χ1) is 9.72. The van der Waals surface area contributed by atoms with Crippen molar-refractivity contribution in [2.24, 2.45) is 11.7 Å². The highest BCUT2D eigenvalue weighted by atomic mass is 16.1. The molecule has 3 rings (SSSR count). The van der Waals surface area contributed by atoms with Crippen molar-refractivity contribution in [1.82, 2.24) is 0 Å². The lowest BCUT2D eigenvalue weighted by molar-refractivity contribution is -0.116. The molecule has 2 aliphatic rings. The molecule has 0 aromatic heterocycles. The second kappa shape index (κ2) is 5.83. The molecule has 1 aromatic carbocycles. The summed E-state index contributed by atoms with van der Waals surface area (Å²) in [5, 5.41) is 2.94. The minimum Gasteiger partial charge on any atom is -0.372 e. The van der Waals surface area contributed by atoms with Crippen molar-refractivity contribution < 1.29 is 4.79 Å². The Labute approximate surface area is 120 Å². The van der Waals surface area contributed by atoms with Gasteiger partial charge in [-0.3, -0.25) is 4.79 Å². The summed E-state index contributed by atoms with van der Waals surface area (Å²) in [5.41, 5.74) is 8.08. The third-order valence-corrected chi connectivity index (χ3v) is 4.27. The van der Waals surface area contributed by atoms with E-state index in [2.05, 4.69) is 22.3 Å². The van der Waals surface area contributed by atoms with Gasteiger partial charge in [-0.1, -0.05) is 0 Å². The lowest BCUT2D eigenvalue weighted by Crippen LogP contribution is -2.28. The number of hydrogen-bond acceptors (Lipinski definition) is 3. The van der Waals surface area contributed by atoms with Gasteiger partial charge in [0.15, 0.2) is 0 Å². The molecule has 1 saturated heterocycles. The predicted molar refractivity (Wildman–Crippen MR) is 81.8 cm³/mol. The van der Waals surface area contributed by atoms with Gasteiger partial charge in [-0.25, -0.2) is 0 Å². The van der Waals surface area contributed by atoms with Gasteiger partial charge in [-0.2, -0.15) is 0 Å². The molecule has 0 radical (unpaired) electrons. The van der Waals surface area contributed by atoms with Crippen LogP contribution < -0.4 is 16.0 Å². The third kappa shape index (κ3) is 3.31. The zero-order valence-electron chi connectivity index (χ0n) is 11.8. The highest BCUT2D eigenvalue weighted by Crippen LogP contribution is 2.32. The first-order valence-corrected chi connectivity index (χ1v) is 7.63. The second-order valence-electron chi connectivity index (χ2n) is 5.99. The fraction of sp³-hybridized carbons (Fsp3) is 0.562. The van der Waals surface area contributed by atoms with Crippen LogP contribution in [0.25, 0.3) is 0 Å². The van der Waals surface area contributed by atoms with Crippen LogP contribution in [0.3, 0.4) is 0 Å². The van der Waals surface area contributed by atoms with Crippen LogP contribution >= 0.6 is 0 Å². The number of hydrogen-bond donors (Lipinski definition) is 2. The molecule has 1 aromatic rings. The number of rotatable bonds is 5. The zero-order chi connectivity index (χ0) is 13.9. The van der Waals surface area contributed by atoms with E-state index in [1.165, 1.54) is 31.4 Å². The summed E-state index contributed by atoms with van der Waals surface area (Å²) in [4.78, 5) is 14.3. The lowest BCUT2D eigenvalue weighted by Gasteiger charge is -2.18. The fourth-order valence-electron chi connectivity index (χ4n) is 2.85. The Bertz CT molecular complexity index is 461. The van der Waals surface area contributed by atoms with E-state index < -0.39 is 0 Å². The van der Waals surface area contributed by atoms with Crippen molar-refractivity contribution in [1.29, 1.82) is 0 Å². The molecule has 4 heteroatoms. The number of nitrogens with two attached hydrogens (primary N) is 1. The van der Waals surface area contributed by atoms with Gasteiger partial charge in [0.25, 0.3) is 0 Å². The molecule has 108 valence electrons. The van der Waals surface area contributed by atoms with Crippen LogP contribution in [0.15, 0.2) is 24.3 Å². The number of carbonyl (C=O) groups is 1. The van der Waals surface area contributed by atoms with E-state index in [0.717, 1.165) is 18.8 Å². The number of nitrogens with zero attached hydrogens (tertiary/aromatic N) is 1. The van der Waals surface area contributed by atoms with Gasteiger partial charge in [0, 0.05) is 36.9 Å². The maximum absolute atomic E-state index is 11.9. The molecule has 1 aliphatic carbocycles. The summed E-state index contributed by atoms with van der Waals surface area (Å²) in [6.07, 6.45) is 5.34. The largest absolute Gasteiger partial charge is 0.372 e. The standard InChI is InChI=1S/C16H23N3O/c17-15(12-3-4-12)11-16(20)18-13-5-7-14(8-6-13)19-9-1-2-10-19/h5-8,12,15H,1-4,9-11,17H2,(H,18,20). The minimum atomic E-state index is 0.0262. The molecule has 0 bridgehead atoms. The van der Waals surface area contributed by atoms with Gasteiger partial charge in [-0.15, -0.1) is 0 Å². The molecule has 1 atom stereocenters. The van der Waals surface area contributed by atoms with Crippen LogP contribution in [0.1, 0.15) is 32.1 Å². The molecule has 1 saturated carbocycles. The Balaban J connectivity index is 1.53. The highest BCUT2D eigenvalue weighted by molar-refractivity contribution is 5.91. The van der Waals surface area contributed by atoms with Crippen LogP contribution in [0.5, 0.6) is 0 Å². The van der Waals surface area contributed by atoms with Crippen molar-refractivity contribution in [3.8, 4) is 0 Å². The number of carbonyl (C=O) groups excluding carboxylic acids is 1. The zero-order valence-corrected chi connectivity index (χ0v) is 11.8. The minimum absolute atomic E-state index is 0.0262. The lowest BCUT2D eigenvalue weighted by atomic mass is 10.1. The SMILES string of the molecule is NC(CC(=O)Nc1ccc(N2CCCC2)cc1)C1CC1. The van der Waals surface area contributed by atoms with Crippen LogP contribution in [0.4, 0.5) is 11.4 Å². The molecule has 4 nitrogen and oxygen atoms in total. The molecule has 1 heterocycles. The monoisotopic (exact) mass is 273 g/mol. The summed E-state index contributed by atoms with van der Waals surface area (Å²) in [6.45, 7) is 2.28. The Morgan fingerprint density at radius 3 is 2.50 bits per heavy atom. The van der Waals surface area contributed by atoms with E-state index in [4.69, 9.17) is 5.73 Å². The second-order valence-corrected chi connectivity index (χ2v) is 5.99. The van der Waals surface area contributed by atoms with Crippen LogP contribution in [0.2, 0.25) is 0 Å².